The number of hydrogen-bond donors (Lipinski definition) is 2. The predicted molar refractivity (Wildman–Crippen MR) is 76.9 cm³/mol. The summed E-state index contributed by atoms with van der Waals surface area (Å²) in [7, 11) is 0. The Bertz CT molecular complexity index is 517. The molecule has 0 radical (unpaired) electrons. The van der Waals surface area contributed by atoms with Gasteiger partial charge >= 0.3 is 0 Å². The molecule has 1 aliphatic carbocycles. The number of halogens is 1. The van der Waals surface area contributed by atoms with Crippen LogP contribution in [-0.2, 0) is 0 Å². The van der Waals surface area contributed by atoms with Gasteiger partial charge in [-0.1, -0.05) is 6.42 Å². The number of nitrogens with zero attached hydrogens (tertiary/aromatic N) is 1. The van der Waals surface area contributed by atoms with E-state index in [1.165, 1.54) is 37.8 Å². The minimum Gasteiger partial charge on any atom is -0.381 e. The van der Waals surface area contributed by atoms with Crippen LogP contribution in [0.15, 0.2) is 18.2 Å². The summed E-state index contributed by atoms with van der Waals surface area (Å²) in [5, 5.41) is 16.2. The van der Waals surface area contributed by atoms with Gasteiger partial charge in [-0.3, -0.25) is 0 Å². The second-order valence-electron chi connectivity index (χ2n) is 5.85. The molecular formula is C16H20FN3. The van der Waals surface area contributed by atoms with E-state index < -0.39 is 0 Å². The zero-order valence-electron chi connectivity index (χ0n) is 11.5. The van der Waals surface area contributed by atoms with E-state index in [9.17, 15) is 4.39 Å². The van der Waals surface area contributed by atoms with Crippen molar-refractivity contribution in [3.8, 4) is 6.07 Å². The van der Waals surface area contributed by atoms with Gasteiger partial charge in [0, 0.05) is 12.1 Å². The normalized spacial score (nSPS) is 29.3. The molecule has 3 nitrogen and oxygen atoms in total. The third kappa shape index (κ3) is 2.64. The first-order valence-electron chi connectivity index (χ1n) is 7.47. The third-order valence-corrected chi connectivity index (χ3v) is 4.63. The Morgan fingerprint density at radius 1 is 1.25 bits per heavy atom. The lowest BCUT2D eigenvalue weighted by molar-refractivity contribution is 0.376. The summed E-state index contributed by atoms with van der Waals surface area (Å²) in [6, 6.07) is 7.48. The Morgan fingerprint density at radius 3 is 2.90 bits per heavy atom. The van der Waals surface area contributed by atoms with Crippen LogP contribution in [0, 0.1) is 23.1 Å². The highest BCUT2D eigenvalue weighted by molar-refractivity contribution is 5.58. The second kappa shape index (κ2) is 5.80. The van der Waals surface area contributed by atoms with Gasteiger partial charge in [0.1, 0.15) is 11.9 Å². The molecule has 1 aromatic rings. The first-order valence-corrected chi connectivity index (χ1v) is 7.47. The maximum Gasteiger partial charge on any atom is 0.124 e. The minimum absolute atomic E-state index is 0.354. The summed E-state index contributed by atoms with van der Waals surface area (Å²) in [4.78, 5) is 0. The van der Waals surface area contributed by atoms with Crippen molar-refractivity contribution in [1.29, 1.82) is 5.26 Å². The van der Waals surface area contributed by atoms with Gasteiger partial charge in [-0.15, -0.1) is 0 Å². The molecule has 2 N–H and O–H groups in total. The summed E-state index contributed by atoms with van der Waals surface area (Å²) < 4.78 is 13.2. The summed E-state index contributed by atoms with van der Waals surface area (Å²) >= 11 is 0. The van der Waals surface area contributed by atoms with Crippen LogP contribution in [0.3, 0.4) is 0 Å². The number of anilines is 1. The molecule has 1 heterocycles. The molecule has 1 saturated heterocycles. The molecule has 0 aromatic heterocycles. The molecule has 2 fully saturated rings. The Labute approximate surface area is 119 Å². The molecule has 4 heteroatoms. The lowest BCUT2D eigenvalue weighted by Gasteiger charge is -2.27. The fourth-order valence-corrected chi connectivity index (χ4v) is 3.66. The number of rotatable bonds is 3. The molecule has 1 aromatic carbocycles. The molecule has 20 heavy (non-hydrogen) atoms. The SMILES string of the molecule is N#Cc1cc(F)ccc1NC1CCCC1C1CCCN1. The smallest absolute Gasteiger partial charge is 0.124 e. The van der Waals surface area contributed by atoms with Gasteiger partial charge in [0.25, 0.3) is 0 Å². The molecule has 2 aliphatic rings. The van der Waals surface area contributed by atoms with Gasteiger partial charge < -0.3 is 10.6 Å². The first-order chi connectivity index (χ1) is 9.78. The maximum atomic E-state index is 13.2. The van der Waals surface area contributed by atoms with Crippen molar-refractivity contribution in [2.24, 2.45) is 5.92 Å². The lowest BCUT2D eigenvalue weighted by Crippen LogP contribution is -2.38. The molecule has 106 valence electrons. The van der Waals surface area contributed by atoms with Crippen LogP contribution in [0.25, 0.3) is 0 Å². The Kier molecular flexibility index (Phi) is 3.88. The van der Waals surface area contributed by atoms with Crippen LogP contribution < -0.4 is 10.6 Å². The van der Waals surface area contributed by atoms with Crippen molar-refractivity contribution in [1.82, 2.24) is 5.32 Å². The molecule has 3 rings (SSSR count). The van der Waals surface area contributed by atoms with E-state index in [2.05, 4.69) is 16.7 Å². The van der Waals surface area contributed by atoms with Crippen LogP contribution in [0.2, 0.25) is 0 Å². The average Bonchev–Trinajstić information content (AvgIpc) is 3.11. The predicted octanol–water partition coefficient (Wildman–Crippen LogP) is 3.03. The average molecular weight is 273 g/mol. The van der Waals surface area contributed by atoms with Gasteiger partial charge in [0.05, 0.1) is 11.3 Å². The fraction of sp³-hybridized carbons (Fsp3) is 0.562. The van der Waals surface area contributed by atoms with Crippen molar-refractivity contribution in [2.75, 3.05) is 11.9 Å². The zero-order valence-corrected chi connectivity index (χ0v) is 11.5. The molecule has 1 aliphatic heterocycles. The molecule has 1 saturated carbocycles. The Balaban J connectivity index is 1.75. The molecule has 0 spiro atoms. The van der Waals surface area contributed by atoms with E-state index in [1.54, 1.807) is 6.07 Å². The lowest BCUT2D eigenvalue weighted by atomic mass is 9.93. The van der Waals surface area contributed by atoms with Crippen molar-refractivity contribution in [3.63, 3.8) is 0 Å². The van der Waals surface area contributed by atoms with Gasteiger partial charge in [0.2, 0.25) is 0 Å². The van der Waals surface area contributed by atoms with E-state index >= 15 is 0 Å². The standard InChI is InChI=1S/C16H20FN3/c17-12-6-7-14(11(9-12)10-18)20-16-4-1-3-13(16)15-5-2-8-19-15/h6-7,9,13,15-16,19-20H,1-5,8H2. The number of benzene rings is 1. The molecular weight excluding hydrogens is 253 g/mol. The topological polar surface area (TPSA) is 47.9 Å². The van der Waals surface area contributed by atoms with E-state index in [4.69, 9.17) is 5.26 Å². The monoisotopic (exact) mass is 273 g/mol. The van der Waals surface area contributed by atoms with Crippen LogP contribution in [-0.4, -0.2) is 18.6 Å². The number of nitrogens with one attached hydrogen (secondary N) is 2. The number of nitriles is 1. The molecule has 0 bridgehead atoms. The highest BCUT2D eigenvalue weighted by Gasteiger charge is 2.35. The quantitative estimate of drug-likeness (QED) is 0.890. The maximum absolute atomic E-state index is 13.2. The van der Waals surface area contributed by atoms with Gasteiger partial charge in [-0.2, -0.15) is 5.26 Å². The summed E-state index contributed by atoms with van der Waals surface area (Å²) in [5.74, 6) is 0.265. The van der Waals surface area contributed by atoms with Gasteiger partial charge in [-0.05, 0) is 56.3 Å². The Hall–Kier alpha value is -1.60. The summed E-state index contributed by atoms with van der Waals surface area (Å²) in [5.41, 5.74) is 1.17. The number of hydrogen-bond acceptors (Lipinski definition) is 3. The van der Waals surface area contributed by atoms with E-state index in [1.807, 2.05) is 0 Å². The van der Waals surface area contributed by atoms with E-state index in [0.717, 1.165) is 18.7 Å². The van der Waals surface area contributed by atoms with Crippen LogP contribution in [0.4, 0.5) is 10.1 Å². The van der Waals surface area contributed by atoms with Crippen LogP contribution in [0.5, 0.6) is 0 Å². The first kappa shape index (κ1) is 13.4. The van der Waals surface area contributed by atoms with Gasteiger partial charge in [0.15, 0.2) is 0 Å². The molecule has 0 amide bonds. The highest BCUT2D eigenvalue weighted by Crippen LogP contribution is 2.34. The highest BCUT2D eigenvalue weighted by atomic mass is 19.1. The Morgan fingerprint density at radius 2 is 2.15 bits per heavy atom. The van der Waals surface area contributed by atoms with Crippen molar-refractivity contribution in [2.45, 2.75) is 44.2 Å². The fourth-order valence-electron chi connectivity index (χ4n) is 3.66. The van der Waals surface area contributed by atoms with Crippen LogP contribution in [0.1, 0.15) is 37.7 Å². The molecule has 3 unspecified atom stereocenters. The largest absolute Gasteiger partial charge is 0.381 e. The van der Waals surface area contributed by atoms with E-state index in [-0.39, 0.29) is 5.82 Å². The summed E-state index contributed by atoms with van der Waals surface area (Å²) in [6.45, 7) is 1.12. The van der Waals surface area contributed by atoms with Gasteiger partial charge in [-0.25, -0.2) is 4.39 Å². The van der Waals surface area contributed by atoms with Crippen LogP contribution >= 0.6 is 0 Å². The van der Waals surface area contributed by atoms with Crippen molar-refractivity contribution >= 4 is 5.69 Å². The zero-order chi connectivity index (χ0) is 13.9. The third-order valence-electron chi connectivity index (χ3n) is 4.63. The van der Waals surface area contributed by atoms with Crippen molar-refractivity contribution in [3.05, 3.63) is 29.6 Å². The van der Waals surface area contributed by atoms with E-state index in [0.29, 0.717) is 23.6 Å². The second-order valence-corrected chi connectivity index (χ2v) is 5.85. The van der Waals surface area contributed by atoms with Crippen molar-refractivity contribution < 1.29 is 4.39 Å². The minimum atomic E-state index is -0.354. The summed E-state index contributed by atoms with van der Waals surface area (Å²) in [6.07, 6.45) is 6.10. The molecule has 3 atom stereocenters.